The van der Waals surface area contributed by atoms with E-state index in [4.69, 9.17) is 4.74 Å². The van der Waals surface area contributed by atoms with Gasteiger partial charge in [0, 0.05) is 5.39 Å². The van der Waals surface area contributed by atoms with E-state index in [0.717, 1.165) is 11.1 Å². The Kier molecular flexibility index (Phi) is 5.21. The van der Waals surface area contributed by atoms with Crippen LogP contribution in [0.15, 0.2) is 53.3 Å². The number of nitrogens with one attached hydrogen (secondary N) is 3. The van der Waals surface area contributed by atoms with E-state index in [1.54, 1.807) is 30.3 Å². The van der Waals surface area contributed by atoms with Crippen molar-refractivity contribution in [3.8, 4) is 5.75 Å². The van der Waals surface area contributed by atoms with E-state index in [2.05, 4.69) is 15.8 Å². The van der Waals surface area contributed by atoms with Crippen molar-refractivity contribution in [2.45, 2.75) is 13.8 Å². The minimum Gasteiger partial charge on any atom is -0.484 e. The van der Waals surface area contributed by atoms with E-state index in [-0.39, 0.29) is 17.9 Å². The summed E-state index contributed by atoms with van der Waals surface area (Å²) in [7, 11) is 0. The summed E-state index contributed by atoms with van der Waals surface area (Å²) in [5.41, 5.74) is 6.25. The highest BCUT2D eigenvalue weighted by atomic mass is 16.5. The van der Waals surface area contributed by atoms with Crippen LogP contribution in [0.1, 0.15) is 21.6 Å². The molecule has 2 amide bonds. The number of hydrogen-bond acceptors (Lipinski definition) is 4. The van der Waals surface area contributed by atoms with Gasteiger partial charge >= 0.3 is 0 Å². The molecule has 3 N–H and O–H groups in total. The average molecular weight is 365 g/mol. The fourth-order valence-corrected chi connectivity index (χ4v) is 2.73. The molecule has 2 aromatic carbocycles. The minimum absolute atomic E-state index is 0.0502. The molecule has 1 aromatic heterocycles. The van der Waals surface area contributed by atoms with Gasteiger partial charge in [0.05, 0.1) is 0 Å². The number of aryl methyl sites for hydroxylation is 2. The zero-order valence-corrected chi connectivity index (χ0v) is 15.0. The first-order valence-electron chi connectivity index (χ1n) is 8.35. The molecule has 0 radical (unpaired) electrons. The molecule has 0 aliphatic heterocycles. The Balaban J connectivity index is 1.58. The molecule has 3 aromatic rings. The first-order chi connectivity index (χ1) is 12.9. The molecule has 3 rings (SSSR count). The average Bonchev–Trinajstić information content (AvgIpc) is 2.63. The number of carbonyl (C=O) groups is 2. The number of H-pyrrole nitrogens is 1. The quantitative estimate of drug-likeness (QED) is 0.616. The topological polar surface area (TPSA) is 100 Å². The van der Waals surface area contributed by atoms with Crippen molar-refractivity contribution in [1.82, 2.24) is 15.8 Å². The van der Waals surface area contributed by atoms with Gasteiger partial charge < -0.3 is 9.72 Å². The Morgan fingerprint density at radius 1 is 1.00 bits per heavy atom. The number of benzene rings is 2. The van der Waals surface area contributed by atoms with Crippen LogP contribution in [0.5, 0.6) is 5.75 Å². The number of aromatic nitrogens is 1. The van der Waals surface area contributed by atoms with Crippen LogP contribution < -0.4 is 21.1 Å². The number of pyridine rings is 1. The molecule has 0 atom stereocenters. The van der Waals surface area contributed by atoms with Gasteiger partial charge in [0.25, 0.3) is 17.4 Å². The van der Waals surface area contributed by atoms with Crippen LogP contribution in [0.3, 0.4) is 0 Å². The van der Waals surface area contributed by atoms with Crippen molar-refractivity contribution >= 4 is 22.6 Å². The largest absolute Gasteiger partial charge is 0.484 e. The van der Waals surface area contributed by atoms with Crippen LogP contribution in [0.25, 0.3) is 10.8 Å². The van der Waals surface area contributed by atoms with Gasteiger partial charge in [-0.25, -0.2) is 0 Å². The van der Waals surface area contributed by atoms with Crippen molar-refractivity contribution in [2.24, 2.45) is 0 Å². The second-order valence-electron chi connectivity index (χ2n) is 6.21. The first-order valence-corrected chi connectivity index (χ1v) is 8.35. The van der Waals surface area contributed by atoms with Crippen LogP contribution in [0.4, 0.5) is 0 Å². The second kappa shape index (κ2) is 7.74. The lowest BCUT2D eigenvalue weighted by molar-refractivity contribution is -0.123. The van der Waals surface area contributed by atoms with Gasteiger partial charge in [0.1, 0.15) is 11.4 Å². The van der Waals surface area contributed by atoms with Crippen molar-refractivity contribution < 1.29 is 14.3 Å². The maximum Gasteiger partial charge on any atom is 0.286 e. The Morgan fingerprint density at radius 3 is 2.44 bits per heavy atom. The van der Waals surface area contributed by atoms with Gasteiger partial charge in [0.15, 0.2) is 6.61 Å². The minimum atomic E-state index is -0.627. The third-order valence-electron chi connectivity index (χ3n) is 3.88. The van der Waals surface area contributed by atoms with Gasteiger partial charge in [-0.05, 0) is 54.6 Å². The number of carbonyl (C=O) groups excluding carboxylic acids is 2. The molecule has 0 saturated carbocycles. The molecular weight excluding hydrogens is 346 g/mol. The number of amides is 2. The van der Waals surface area contributed by atoms with Crippen LogP contribution in [-0.2, 0) is 4.79 Å². The number of rotatable bonds is 4. The molecule has 0 fully saturated rings. The highest BCUT2D eigenvalue weighted by Gasteiger charge is 2.11. The van der Waals surface area contributed by atoms with Crippen LogP contribution in [0, 0.1) is 13.8 Å². The molecule has 7 nitrogen and oxygen atoms in total. The third kappa shape index (κ3) is 4.52. The lowest BCUT2D eigenvalue weighted by atomic mass is 10.1. The molecule has 0 spiro atoms. The summed E-state index contributed by atoms with van der Waals surface area (Å²) in [6.45, 7) is 3.62. The summed E-state index contributed by atoms with van der Waals surface area (Å²) in [5.74, 6) is -0.573. The lowest BCUT2D eigenvalue weighted by Gasteiger charge is -2.10. The Hall–Kier alpha value is -3.61. The molecule has 27 heavy (non-hydrogen) atoms. The first kappa shape index (κ1) is 18.2. The summed E-state index contributed by atoms with van der Waals surface area (Å²) < 4.78 is 5.42. The molecule has 1 heterocycles. The third-order valence-corrected chi connectivity index (χ3v) is 3.88. The molecule has 0 unspecified atom stereocenters. The Bertz CT molecular complexity index is 1050. The van der Waals surface area contributed by atoms with E-state index in [9.17, 15) is 14.4 Å². The highest BCUT2D eigenvalue weighted by Crippen LogP contribution is 2.15. The summed E-state index contributed by atoms with van der Waals surface area (Å²) in [6.07, 6.45) is 0. The van der Waals surface area contributed by atoms with E-state index >= 15 is 0 Å². The molecule has 0 aliphatic rings. The molecule has 0 aliphatic carbocycles. The predicted octanol–water partition coefficient (Wildman–Crippen LogP) is 1.98. The number of hydrogen-bond donors (Lipinski definition) is 3. The van der Waals surface area contributed by atoms with Gasteiger partial charge in [0.2, 0.25) is 0 Å². The SMILES string of the molecule is Cc1cc(C)cc(OCC(=O)NNC(=O)c2cc3ccccc3c(=O)[nH]2)c1. The fourth-order valence-electron chi connectivity index (χ4n) is 2.73. The smallest absolute Gasteiger partial charge is 0.286 e. The summed E-state index contributed by atoms with van der Waals surface area (Å²) in [4.78, 5) is 38.6. The number of hydrazine groups is 1. The zero-order valence-electron chi connectivity index (χ0n) is 15.0. The molecule has 0 saturated heterocycles. The molecule has 7 heteroatoms. The number of ether oxygens (including phenoxy) is 1. The maximum absolute atomic E-state index is 12.2. The lowest BCUT2D eigenvalue weighted by Crippen LogP contribution is -2.44. The summed E-state index contributed by atoms with van der Waals surface area (Å²) >= 11 is 0. The normalized spacial score (nSPS) is 10.4. The predicted molar refractivity (Wildman–Crippen MR) is 102 cm³/mol. The standard InChI is InChI=1S/C20H19N3O4/c1-12-7-13(2)9-15(8-12)27-11-18(24)22-23-20(26)17-10-14-5-3-4-6-16(14)19(25)21-17/h3-10H,11H2,1-2H3,(H,21,25)(H,22,24)(H,23,26). The summed E-state index contributed by atoms with van der Waals surface area (Å²) in [6, 6.07) is 14.1. The highest BCUT2D eigenvalue weighted by molar-refractivity contribution is 5.97. The molecular formula is C20H19N3O4. The fraction of sp³-hybridized carbons (Fsp3) is 0.150. The van der Waals surface area contributed by atoms with Crippen LogP contribution in [-0.4, -0.2) is 23.4 Å². The van der Waals surface area contributed by atoms with Gasteiger partial charge in [-0.15, -0.1) is 0 Å². The number of fused-ring (bicyclic) bond motifs is 1. The van der Waals surface area contributed by atoms with E-state index in [0.29, 0.717) is 16.5 Å². The Morgan fingerprint density at radius 2 is 1.70 bits per heavy atom. The van der Waals surface area contributed by atoms with Gasteiger partial charge in [-0.1, -0.05) is 24.3 Å². The second-order valence-corrected chi connectivity index (χ2v) is 6.21. The van der Waals surface area contributed by atoms with Crippen molar-refractivity contribution in [3.63, 3.8) is 0 Å². The van der Waals surface area contributed by atoms with Crippen LogP contribution >= 0.6 is 0 Å². The van der Waals surface area contributed by atoms with E-state index in [1.807, 2.05) is 32.0 Å². The zero-order chi connectivity index (χ0) is 19.4. The van der Waals surface area contributed by atoms with Crippen LogP contribution in [0.2, 0.25) is 0 Å². The molecule has 0 bridgehead atoms. The van der Waals surface area contributed by atoms with Gasteiger partial charge in [-0.2, -0.15) is 0 Å². The summed E-state index contributed by atoms with van der Waals surface area (Å²) in [5, 5.41) is 1.12. The Labute approximate surface area is 155 Å². The maximum atomic E-state index is 12.2. The monoisotopic (exact) mass is 365 g/mol. The van der Waals surface area contributed by atoms with Crippen molar-refractivity contribution in [1.29, 1.82) is 0 Å². The van der Waals surface area contributed by atoms with Crippen molar-refractivity contribution in [3.05, 3.63) is 75.7 Å². The van der Waals surface area contributed by atoms with E-state index in [1.165, 1.54) is 0 Å². The van der Waals surface area contributed by atoms with Gasteiger partial charge in [-0.3, -0.25) is 25.2 Å². The van der Waals surface area contributed by atoms with E-state index < -0.39 is 11.8 Å². The molecule has 138 valence electrons. The number of aromatic amines is 1. The van der Waals surface area contributed by atoms with Crippen molar-refractivity contribution in [2.75, 3.05) is 6.61 Å².